The normalized spacial score (nSPS) is 18.2. The van der Waals surface area contributed by atoms with Crippen molar-refractivity contribution in [3.8, 4) is 5.75 Å². The van der Waals surface area contributed by atoms with E-state index in [9.17, 15) is 9.90 Å². The summed E-state index contributed by atoms with van der Waals surface area (Å²) in [6.45, 7) is 7.73. The fourth-order valence-electron chi connectivity index (χ4n) is 2.38. The Balaban J connectivity index is 2.08. The molecule has 1 saturated heterocycles. The van der Waals surface area contributed by atoms with Gasteiger partial charge in [-0.1, -0.05) is 11.6 Å². The van der Waals surface area contributed by atoms with E-state index in [1.54, 1.807) is 24.8 Å². The highest BCUT2D eigenvalue weighted by molar-refractivity contribution is 5.81. The lowest BCUT2D eigenvalue weighted by Crippen LogP contribution is -2.46. The average Bonchev–Trinajstić information content (AvgIpc) is 2.49. The van der Waals surface area contributed by atoms with Crippen LogP contribution in [0.5, 0.6) is 5.75 Å². The Morgan fingerprint density at radius 2 is 2.00 bits per heavy atom. The maximum absolute atomic E-state index is 12.3. The van der Waals surface area contributed by atoms with E-state index in [-0.39, 0.29) is 5.91 Å². The molecule has 21 heavy (non-hydrogen) atoms. The number of aliphatic hydroxyl groups is 1. The molecule has 0 aliphatic carbocycles. The van der Waals surface area contributed by atoms with Gasteiger partial charge in [0.25, 0.3) is 5.91 Å². The van der Waals surface area contributed by atoms with Crippen LogP contribution >= 0.6 is 0 Å². The fourth-order valence-corrected chi connectivity index (χ4v) is 2.38. The molecule has 0 spiro atoms. The minimum absolute atomic E-state index is 0.0459. The number of benzene rings is 1. The first-order valence-electron chi connectivity index (χ1n) is 7.31. The van der Waals surface area contributed by atoms with E-state index in [1.165, 1.54) is 0 Å². The minimum atomic E-state index is -0.634. The van der Waals surface area contributed by atoms with Crippen LogP contribution in [0.25, 0.3) is 0 Å². The summed E-state index contributed by atoms with van der Waals surface area (Å²) < 4.78 is 11.0. The molecule has 1 aromatic carbocycles. The van der Waals surface area contributed by atoms with Crippen LogP contribution in [0, 0.1) is 6.92 Å². The predicted molar refractivity (Wildman–Crippen MR) is 79.3 cm³/mol. The lowest BCUT2D eigenvalue weighted by molar-refractivity contribution is -0.142. The van der Waals surface area contributed by atoms with Gasteiger partial charge >= 0.3 is 0 Å². The predicted octanol–water partition coefficient (Wildman–Crippen LogP) is 1.67. The molecule has 1 aromatic rings. The average molecular weight is 293 g/mol. The first-order valence-corrected chi connectivity index (χ1v) is 7.31. The molecule has 2 atom stereocenters. The van der Waals surface area contributed by atoms with Crippen LogP contribution in [-0.2, 0) is 9.53 Å². The lowest BCUT2D eigenvalue weighted by Gasteiger charge is -2.29. The summed E-state index contributed by atoms with van der Waals surface area (Å²) >= 11 is 0. The highest BCUT2D eigenvalue weighted by Crippen LogP contribution is 2.27. The number of aliphatic hydroxyl groups excluding tert-OH is 1. The van der Waals surface area contributed by atoms with Crippen molar-refractivity contribution in [3.63, 3.8) is 0 Å². The molecular weight excluding hydrogens is 270 g/mol. The molecule has 5 nitrogen and oxygen atoms in total. The van der Waals surface area contributed by atoms with Gasteiger partial charge in [0, 0.05) is 18.7 Å². The largest absolute Gasteiger partial charge is 0.481 e. The van der Waals surface area contributed by atoms with Gasteiger partial charge in [-0.15, -0.1) is 0 Å². The molecule has 1 amide bonds. The Morgan fingerprint density at radius 1 is 1.33 bits per heavy atom. The van der Waals surface area contributed by atoms with E-state index < -0.39 is 12.2 Å². The molecular formula is C16H23NO4. The molecule has 5 heteroatoms. The van der Waals surface area contributed by atoms with Crippen molar-refractivity contribution in [2.75, 3.05) is 26.3 Å². The second-order valence-corrected chi connectivity index (χ2v) is 5.41. The second kappa shape index (κ2) is 6.91. The van der Waals surface area contributed by atoms with Crippen LogP contribution in [0.2, 0.25) is 0 Å². The maximum Gasteiger partial charge on any atom is 0.263 e. The van der Waals surface area contributed by atoms with Crippen LogP contribution in [-0.4, -0.2) is 48.3 Å². The number of carbonyl (C=O) groups is 1. The van der Waals surface area contributed by atoms with Crippen molar-refractivity contribution >= 4 is 5.91 Å². The van der Waals surface area contributed by atoms with Crippen molar-refractivity contribution in [3.05, 3.63) is 29.3 Å². The van der Waals surface area contributed by atoms with Crippen molar-refractivity contribution in [1.82, 2.24) is 4.90 Å². The van der Waals surface area contributed by atoms with Crippen molar-refractivity contribution < 1.29 is 19.4 Å². The third-order valence-corrected chi connectivity index (χ3v) is 3.59. The van der Waals surface area contributed by atoms with Gasteiger partial charge in [-0.2, -0.15) is 0 Å². The molecule has 1 N–H and O–H groups in total. The molecule has 0 aromatic heterocycles. The van der Waals surface area contributed by atoms with Crippen LogP contribution in [0.3, 0.4) is 0 Å². The summed E-state index contributed by atoms with van der Waals surface area (Å²) in [4.78, 5) is 14.1. The molecule has 0 bridgehead atoms. The lowest BCUT2D eigenvalue weighted by atomic mass is 10.1. The fraction of sp³-hybridized carbons (Fsp3) is 0.562. The summed E-state index contributed by atoms with van der Waals surface area (Å²) in [5.41, 5.74) is 1.75. The van der Waals surface area contributed by atoms with Crippen LogP contribution in [0.15, 0.2) is 18.2 Å². The number of amides is 1. The first-order chi connectivity index (χ1) is 9.99. The maximum atomic E-state index is 12.3. The summed E-state index contributed by atoms with van der Waals surface area (Å²) in [6.07, 6.45) is -1.21. The Hall–Kier alpha value is -1.59. The molecule has 1 aliphatic rings. The summed E-state index contributed by atoms with van der Waals surface area (Å²) in [5.74, 6) is 0.514. The third-order valence-electron chi connectivity index (χ3n) is 3.59. The smallest absolute Gasteiger partial charge is 0.263 e. The Kier molecular flexibility index (Phi) is 5.20. The number of rotatable bonds is 4. The molecule has 1 heterocycles. The van der Waals surface area contributed by atoms with Gasteiger partial charge in [-0.05, 0) is 32.9 Å². The van der Waals surface area contributed by atoms with Crippen molar-refractivity contribution in [2.24, 2.45) is 0 Å². The number of nitrogens with zero attached hydrogens (tertiary/aromatic N) is 1. The summed E-state index contributed by atoms with van der Waals surface area (Å²) in [7, 11) is 0. The monoisotopic (exact) mass is 293 g/mol. The minimum Gasteiger partial charge on any atom is -0.481 e. The van der Waals surface area contributed by atoms with Gasteiger partial charge in [-0.3, -0.25) is 4.79 Å². The summed E-state index contributed by atoms with van der Waals surface area (Å²) in [5, 5.41) is 9.84. The highest BCUT2D eigenvalue weighted by atomic mass is 16.5. The SMILES string of the molecule is Cc1ccc(OC(C)C(=O)N2CCOCC2)c([C@@H](C)O)c1. The van der Waals surface area contributed by atoms with Gasteiger partial charge in [0.1, 0.15) is 5.75 Å². The van der Waals surface area contributed by atoms with Gasteiger partial charge in [0.15, 0.2) is 6.10 Å². The molecule has 0 radical (unpaired) electrons. The molecule has 1 aliphatic heterocycles. The second-order valence-electron chi connectivity index (χ2n) is 5.41. The van der Waals surface area contributed by atoms with Gasteiger partial charge < -0.3 is 19.5 Å². The van der Waals surface area contributed by atoms with Crippen molar-refractivity contribution in [1.29, 1.82) is 0 Å². The van der Waals surface area contributed by atoms with E-state index in [4.69, 9.17) is 9.47 Å². The summed E-state index contributed by atoms with van der Waals surface area (Å²) in [6, 6.07) is 5.60. The van der Waals surface area contributed by atoms with E-state index in [1.807, 2.05) is 19.1 Å². The first kappa shape index (κ1) is 15.8. The van der Waals surface area contributed by atoms with E-state index in [2.05, 4.69) is 0 Å². The van der Waals surface area contributed by atoms with Crippen LogP contribution < -0.4 is 4.74 Å². The van der Waals surface area contributed by atoms with Crippen molar-refractivity contribution in [2.45, 2.75) is 33.0 Å². The molecule has 1 unspecified atom stereocenters. The van der Waals surface area contributed by atoms with E-state index in [0.29, 0.717) is 37.6 Å². The van der Waals surface area contributed by atoms with Crippen LogP contribution in [0.1, 0.15) is 31.1 Å². The Labute approximate surface area is 125 Å². The third kappa shape index (κ3) is 3.95. The zero-order chi connectivity index (χ0) is 15.4. The molecule has 1 fully saturated rings. The van der Waals surface area contributed by atoms with E-state index in [0.717, 1.165) is 5.56 Å². The number of carbonyl (C=O) groups excluding carboxylic acids is 1. The number of aryl methyl sites for hydroxylation is 1. The Morgan fingerprint density at radius 3 is 2.62 bits per heavy atom. The van der Waals surface area contributed by atoms with E-state index >= 15 is 0 Å². The quantitative estimate of drug-likeness (QED) is 0.917. The van der Waals surface area contributed by atoms with Gasteiger partial charge in [0.05, 0.1) is 19.3 Å². The zero-order valence-electron chi connectivity index (χ0n) is 12.8. The van der Waals surface area contributed by atoms with Crippen LogP contribution in [0.4, 0.5) is 0 Å². The number of morpholine rings is 1. The topological polar surface area (TPSA) is 59.0 Å². The number of ether oxygens (including phenoxy) is 2. The molecule has 2 rings (SSSR count). The van der Waals surface area contributed by atoms with Gasteiger partial charge in [-0.25, -0.2) is 0 Å². The standard InChI is InChI=1S/C16H23NO4/c1-11-4-5-15(14(10-11)12(2)18)21-13(3)16(19)17-6-8-20-9-7-17/h4-5,10,12-13,18H,6-9H2,1-3H3/t12-,13?/m1/s1. The number of hydrogen-bond acceptors (Lipinski definition) is 4. The van der Waals surface area contributed by atoms with Gasteiger partial charge in [0.2, 0.25) is 0 Å². The number of hydrogen-bond donors (Lipinski definition) is 1. The zero-order valence-corrected chi connectivity index (χ0v) is 12.8. The highest BCUT2D eigenvalue weighted by Gasteiger charge is 2.24. The molecule has 0 saturated carbocycles. The Bertz CT molecular complexity index is 495. The molecule has 116 valence electrons.